The minimum Gasteiger partial charge on any atom is -0.493 e. The molecule has 12 nitrogen and oxygen atoms in total. The van der Waals surface area contributed by atoms with E-state index < -0.39 is 90.2 Å². The zero-order valence-corrected chi connectivity index (χ0v) is 23.8. The van der Waals surface area contributed by atoms with Crippen molar-refractivity contribution < 1.29 is 59.1 Å². The molecule has 0 aromatic carbocycles. The smallest absolute Gasteiger partial charge is 0.203 e. The first-order valence-corrected chi connectivity index (χ1v) is 14.0. The molecular weight excluding hydrogens is 528 g/mol. The third kappa shape index (κ3) is 3.99. The molecule has 0 amide bonds. The minimum atomic E-state index is -1.62. The maximum atomic E-state index is 14.0. The molecule has 2 saturated carbocycles. The molecule has 16 atom stereocenters. The van der Waals surface area contributed by atoms with E-state index in [1.165, 1.54) is 14.2 Å². The molecule has 6 N–H and O–H groups in total. The molecule has 5 aliphatic rings. The van der Waals surface area contributed by atoms with Gasteiger partial charge in [0, 0.05) is 36.2 Å². The largest absolute Gasteiger partial charge is 0.493 e. The maximum Gasteiger partial charge on any atom is 0.203 e. The van der Waals surface area contributed by atoms with Gasteiger partial charge in [-0.1, -0.05) is 20.8 Å². The number of aliphatic hydroxyl groups excluding tert-OH is 5. The van der Waals surface area contributed by atoms with Gasteiger partial charge in [0.1, 0.15) is 30.5 Å². The number of hydrogen-bond acceptors (Lipinski definition) is 12. The Kier molecular flexibility index (Phi) is 7.73. The van der Waals surface area contributed by atoms with Crippen LogP contribution < -0.4 is 0 Å². The van der Waals surface area contributed by atoms with Crippen LogP contribution in [0.3, 0.4) is 0 Å². The topological polar surface area (TPSA) is 185 Å². The van der Waals surface area contributed by atoms with Crippen molar-refractivity contribution in [2.45, 2.75) is 101 Å². The molecule has 0 bridgehead atoms. The van der Waals surface area contributed by atoms with Crippen molar-refractivity contribution in [3.8, 4) is 0 Å². The molecule has 12 heteroatoms. The van der Waals surface area contributed by atoms with E-state index in [-0.39, 0.29) is 29.8 Å². The van der Waals surface area contributed by atoms with E-state index in [1.54, 1.807) is 13.0 Å². The van der Waals surface area contributed by atoms with Gasteiger partial charge in [0.2, 0.25) is 5.78 Å². The Morgan fingerprint density at radius 2 is 1.68 bits per heavy atom. The normalized spacial score (nSPS) is 56.1. The van der Waals surface area contributed by atoms with Crippen LogP contribution in [0, 0.1) is 34.5 Å². The van der Waals surface area contributed by atoms with Gasteiger partial charge < -0.3 is 54.3 Å². The van der Waals surface area contributed by atoms with E-state index in [1.807, 2.05) is 20.8 Å². The predicted molar refractivity (Wildman–Crippen MR) is 136 cm³/mol. The highest BCUT2D eigenvalue weighted by Crippen LogP contribution is 2.69. The molecule has 5 unspecified atom stereocenters. The first-order valence-electron chi connectivity index (χ1n) is 14.0. The highest BCUT2D eigenvalue weighted by molar-refractivity contribution is 5.99. The number of aliphatic hydroxyl groups is 6. The fraction of sp³-hybridized carbons (Fsp3) is 0.893. The summed E-state index contributed by atoms with van der Waals surface area (Å²) in [6.07, 6.45) is -8.85. The van der Waals surface area contributed by atoms with Gasteiger partial charge in [-0.3, -0.25) is 4.79 Å². The molecule has 228 valence electrons. The highest BCUT2D eigenvalue weighted by atomic mass is 16.8. The first-order chi connectivity index (χ1) is 18.7. The molecule has 0 aromatic heterocycles. The van der Waals surface area contributed by atoms with E-state index in [2.05, 4.69) is 0 Å². The molecule has 3 aliphatic carbocycles. The maximum absolute atomic E-state index is 14.0. The molecule has 2 heterocycles. The second-order valence-electron chi connectivity index (χ2n) is 12.9. The fourth-order valence-electron chi connectivity index (χ4n) is 9.17. The zero-order chi connectivity index (χ0) is 29.5. The van der Waals surface area contributed by atoms with Crippen molar-refractivity contribution >= 4 is 5.78 Å². The summed E-state index contributed by atoms with van der Waals surface area (Å²) in [5.41, 5.74) is -3.50. The van der Waals surface area contributed by atoms with Crippen LogP contribution in [0.1, 0.15) is 40.5 Å². The standard InChI is InChI=1S/C28H44O12/c1-11-7-13(36-5)23(34)26(2)12(11)8-16-27(3)15(28(4,35)24(37-6)21(33)22(26)27)9-17(39-16)40-25-20(32)19(31)18(30)14(10-29)38-25/h7,11-12,14-22,24-25,29-33,35H,8-10H2,1-6H3/t11-,12+,14-,15?,16?,17?,18-,19+,20-,21+,22-,24-,25+,26?,27?,28+/m1/s1. The number of ketones is 1. The van der Waals surface area contributed by atoms with E-state index in [4.69, 9.17) is 23.7 Å². The lowest BCUT2D eigenvalue weighted by Gasteiger charge is -2.71. The second-order valence-corrected chi connectivity index (χ2v) is 12.9. The molecule has 0 radical (unpaired) electrons. The van der Waals surface area contributed by atoms with Crippen molar-refractivity contribution in [3.63, 3.8) is 0 Å². The SMILES string of the molecule is COC1=C[C@@H](C)[C@@H]2CC3OC(O[C@@H]4O[C@H](CO)[C@@H](O)[C@H](O)[C@H]4O)CC4C3(C)[C@H]([C@H](O)[C@@H](OC)[C@@]4(C)O)C2(C)C1=O. The number of carbonyl (C=O) groups excluding carboxylic acids is 1. The predicted octanol–water partition coefficient (Wildman–Crippen LogP) is -0.928. The molecule has 2 aliphatic heterocycles. The average molecular weight is 573 g/mol. The van der Waals surface area contributed by atoms with Gasteiger partial charge in [-0.25, -0.2) is 0 Å². The molecule has 4 fully saturated rings. The van der Waals surface area contributed by atoms with Crippen LogP contribution in [-0.2, 0) is 28.5 Å². The van der Waals surface area contributed by atoms with E-state index in [9.17, 15) is 35.4 Å². The van der Waals surface area contributed by atoms with Crippen LogP contribution in [0.5, 0.6) is 0 Å². The van der Waals surface area contributed by atoms with Crippen LogP contribution in [0.15, 0.2) is 11.8 Å². The van der Waals surface area contributed by atoms with Crippen molar-refractivity contribution in [1.29, 1.82) is 0 Å². The van der Waals surface area contributed by atoms with Crippen LogP contribution in [0.4, 0.5) is 0 Å². The number of methoxy groups -OCH3 is 2. The number of allylic oxidation sites excluding steroid dienone is 2. The molecule has 0 spiro atoms. The quantitative estimate of drug-likeness (QED) is 0.238. The zero-order valence-electron chi connectivity index (χ0n) is 23.8. The third-order valence-electron chi connectivity index (χ3n) is 11.0. The van der Waals surface area contributed by atoms with E-state index in [0.717, 1.165) is 0 Å². The van der Waals surface area contributed by atoms with Crippen molar-refractivity contribution in [1.82, 2.24) is 0 Å². The molecule has 5 rings (SSSR count). The number of Topliss-reactive ketones (excluding diaryl/α,β-unsaturated/α-hetero) is 1. The van der Waals surface area contributed by atoms with Crippen LogP contribution in [0.25, 0.3) is 0 Å². The summed E-state index contributed by atoms with van der Waals surface area (Å²) < 4.78 is 29.3. The van der Waals surface area contributed by atoms with Gasteiger partial charge in [0.15, 0.2) is 18.3 Å². The lowest BCUT2D eigenvalue weighted by atomic mass is 9.37. The summed E-state index contributed by atoms with van der Waals surface area (Å²) in [6, 6.07) is 0. The Bertz CT molecular complexity index is 1020. The van der Waals surface area contributed by atoms with Crippen LogP contribution in [-0.4, -0.2) is 118 Å². The second kappa shape index (κ2) is 10.2. The summed E-state index contributed by atoms with van der Waals surface area (Å²) in [4.78, 5) is 14.0. The van der Waals surface area contributed by atoms with Crippen LogP contribution in [0.2, 0.25) is 0 Å². The number of carbonyl (C=O) groups is 1. The summed E-state index contributed by atoms with van der Waals surface area (Å²) in [6.45, 7) is 6.80. The Hall–Kier alpha value is -1.19. The third-order valence-corrected chi connectivity index (χ3v) is 11.0. The lowest BCUT2D eigenvalue weighted by Crippen LogP contribution is -2.78. The van der Waals surface area contributed by atoms with Gasteiger partial charge in [-0.2, -0.15) is 0 Å². The summed E-state index contributed by atoms with van der Waals surface area (Å²) >= 11 is 0. The van der Waals surface area contributed by atoms with Crippen molar-refractivity contribution in [2.75, 3.05) is 20.8 Å². The van der Waals surface area contributed by atoms with Crippen LogP contribution >= 0.6 is 0 Å². The number of hydrogen-bond donors (Lipinski definition) is 6. The highest BCUT2D eigenvalue weighted by Gasteiger charge is 2.75. The number of rotatable bonds is 5. The molecule has 40 heavy (non-hydrogen) atoms. The van der Waals surface area contributed by atoms with E-state index in [0.29, 0.717) is 6.42 Å². The lowest BCUT2D eigenvalue weighted by molar-refractivity contribution is -0.392. The van der Waals surface area contributed by atoms with Crippen molar-refractivity contribution in [3.05, 3.63) is 11.8 Å². The van der Waals surface area contributed by atoms with Gasteiger partial charge >= 0.3 is 0 Å². The minimum absolute atomic E-state index is 0.0911. The molecule has 0 aromatic rings. The number of fused-ring (bicyclic) bond motifs is 2. The van der Waals surface area contributed by atoms with Gasteiger partial charge in [0.05, 0.1) is 31.5 Å². The van der Waals surface area contributed by atoms with Gasteiger partial charge in [0.25, 0.3) is 0 Å². The fourth-order valence-corrected chi connectivity index (χ4v) is 9.17. The molecule has 2 saturated heterocycles. The summed E-state index contributed by atoms with van der Waals surface area (Å²) in [5.74, 6) is -1.53. The average Bonchev–Trinajstić information content (AvgIpc) is 2.89. The Morgan fingerprint density at radius 1 is 1.00 bits per heavy atom. The Morgan fingerprint density at radius 3 is 2.27 bits per heavy atom. The monoisotopic (exact) mass is 572 g/mol. The van der Waals surface area contributed by atoms with Gasteiger partial charge in [-0.05, 0) is 31.3 Å². The van der Waals surface area contributed by atoms with Gasteiger partial charge in [-0.15, -0.1) is 0 Å². The summed E-state index contributed by atoms with van der Waals surface area (Å²) in [5, 5.41) is 64.4. The Labute approximate surface area is 233 Å². The molecular formula is C28H44O12. The summed E-state index contributed by atoms with van der Waals surface area (Å²) in [7, 11) is 2.87. The first kappa shape index (κ1) is 30.3. The van der Waals surface area contributed by atoms with Crippen molar-refractivity contribution in [2.24, 2.45) is 34.5 Å². The van der Waals surface area contributed by atoms with E-state index >= 15 is 0 Å². The number of ether oxygens (including phenoxy) is 5. The Balaban J connectivity index is 1.55.